The summed E-state index contributed by atoms with van der Waals surface area (Å²) < 4.78 is 40.3. The number of hydrogen-bond donors (Lipinski definition) is 2. The molecule has 1 aromatic carbocycles. The Bertz CT molecular complexity index is 954. The second-order valence-electron chi connectivity index (χ2n) is 7.47. The average Bonchev–Trinajstić information content (AvgIpc) is 2.71. The Hall–Kier alpha value is -3.07. The Morgan fingerprint density at radius 3 is 2.80 bits per heavy atom. The van der Waals surface area contributed by atoms with Crippen molar-refractivity contribution in [1.29, 1.82) is 5.41 Å². The van der Waals surface area contributed by atoms with Crippen LogP contribution in [0.2, 0.25) is 0 Å². The molecule has 1 fully saturated rings. The quantitative estimate of drug-likeness (QED) is 0.441. The number of aryl methyl sites for hydroxylation is 1. The third kappa shape index (κ3) is 4.25. The van der Waals surface area contributed by atoms with Gasteiger partial charge in [-0.2, -0.15) is 0 Å². The molecule has 1 aliphatic heterocycles. The Labute approximate surface area is 173 Å². The smallest absolute Gasteiger partial charge is 0.255 e. The molecule has 30 heavy (non-hydrogen) atoms. The number of halogens is 2. The van der Waals surface area contributed by atoms with Crippen molar-refractivity contribution in [3.63, 3.8) is 0 Å². The first kappa shape index (κ1) is 21.6. The first-order valence-corrected chi connectivity index (χ1v) is 9.44. The van der Waals surface area contributed by atoms with Crippen LogP contribution in [0.1, 0.15) is 17.5 Å². The number of ether oxygens (including phenoxy) is 2. The van der Waals surface area contributed by atoms with Crippen molar-refractivity contribution in [3.05, 3.63) is 53.2 Å². The first-order chi connectivity index (χ1) is 14.3. The van der Waals surface area contributed by atoms with Gasteiger partial charge in [0.1, 0.15) is 23.4 Å². The molecule has 2 N–H and O–H groups in total. The monoisotopic (exact) mass is 418 g/mol. The predicted octanol–water partition coefficient (Wildman–Crippen LogP) is 2.98. The Morgan fingerprint density at radius 2 is 2.13 bits per heavy atom. The van der Waals surface area contributed by atoms with Gasteiger partial charge < -0.3 is 24.5 Å². The summed E-state index contributed by atoms with van der Waals surface area (Å²) in [7, 11) is 3.31. The van der Waals surface area contributed by atoms with E-state index in [-0.39, 0.29) is 29.8 Å². The minimum absolute atomic E-state index is 0.00989. The van der Waals surface area contributed by atoms with Crippen LogP contribution < -0.4 is 10.1 Å². The van der Waals surface area contributed by atoms with Crippen LogP contribution in [0.5, 0.6) is 11.6 Å². The van der Waals surface area contributed by atoms with Crippen molar-refractivity contribution in [2.75, 3.05) is 27.3 Å². The average molecular weight is 418 g/mol. The maximum Gasteiger partial charge on any atom is 0.255 e. The zero-order chi connectivity index (χ0) is 21.9. The van der Waals surface area contributed by atoms with E-state index in [1.807, 2.05) is 0 Å². The molecule has 7 nitrogen and oxygen atoms in total. The maximum absolute atomic E-state index is 15.0. The van der Waals surface area contributed by atoms with Crippen LogP contribution >= 0.6 is 0 Å². The van der Waals surface area contributed by atoms with Crippen molar-refractivity contribution >= 4 is 12.2 Å². The van der Waals surface area contributed by atoms with Gasteiger partial charge in [0.2, 0.25) is 0 Å². The number of rotatable bonds is 5. The number of aromatic nitrogens is 1. The zero-order valence-corrected chi connectivity index (χ0v) is 17.0. The van der Waals surface area contributed by atoms with Gasteiger partial charge in [0.15, 0.2) is 11.8 Å². The molecule has 2 atom stereocenters. The predicted molar refractivity (Wildman–Crippen MR) is 107 cm³/mol. The van der Waals surface area contributed by atoms with E-state index in [0.717, 1.165) is 6.29 Å². The number of carbonyl (C=O) groups is 1. The van der Waals surface area contributed by atoms with Gasteiger partial charge in [0.05, 0.1) is 6.61 Å². The highest BCUT2D eigenvalue weighted by molar-refractivity contribution is 5.78. The fraction of sp³-hybridized carbons (Fsp3) is 0.381. The number of guanidine groups is 1. The Balaban J connectivity index is 2.05. The summed E-state index contributed by atoms with van der Waals surface area (Å²) >= 11 is 0. The third-order valence-corrected chi connectivity index (χ3v) is 5.07. The maximum atomic E-state index is 15.0. The minimum atomic E-state index is -1.32. The summed E-state index contributed by atoms with van der Waals surface area (Å²) in [5, 5.41) is 11.2. The summed E-state index contributed by atoms with van der Waals surface area (Å²) in [6.07, 6.45) is 2.56. The lowest BCUT2D eigenvalue weighted by Crippen LogP contribution is -2.59. The van der Waals surface area contributed by atoms with Crippen LogP contribution in [0, 0.1) is 29.9 Å². The summed E-state index contributed by atoms with van der Waals surface area (Å²) in [5.41, 5.74) is -0.585. The molecule has 0 amide bonds. The fourth-order valence-electron chi connectivity index (χ4n) is 3.40. The molecule has 0 bridgehead atoms. The van der Waals surface area contributed by atoms with Crippen molar-refractivity contribution < 1.29 is 23.0 Å². The minimum Gasteiger partial charge on any atom is -0.436 e. The SMILES string of the molecule is Cc1cnc(Oc2ccc(F)c([C@]3(NC(=N)N(C)C)COCC[C@H]3C=O)c2)c(F)c1. The second-order valence-corrected chi connectivity index (χ2v) is 7.47. The van der Waals surface area contributed by atoms with Gasteiger partial charge in [-0.1, -0.05) is 0 Å². The van der Waals surface area contributed by atoms with E-state index in [4.69, 9.17) is 14.9 Å². The van der Waals surface area contributed by atoms with Crippen molar-refractivity contribution in [2.45, 2.75) is 18.9 Å². The van der Waals surface area contributed by atoms with E-state index >= 15 is 0 Å². The number of pyridine rings is 1. The second kappa shape index (κ2) is 8.74. The Kier molecular flexibility index (Phi) is 6.31. The number of benzene rings is 1. The number of nitrogens with zero attached hydrogens (tertiary/aromatic N) is 2. The van der Waals surface area contributed by atoms with Crippen LogP contribution in [0.4, 0.5) is 8.78 Å². The third-order valence-electron chi connectivity index (χ3n) is 5.07. The van der Waals surface area contributed by atoms with Crippen LogP contribution in [-0.2, 0) is 15.1 Å². The highest BCUT2D eigenvalue weighted by Crippen LogP contribution is 2.38. The van der Waals surface area contributed by atoms with Crippen molar-refractivity contribution in [3.8, 4) is 11.6 Å². The normalized spacial score (nSPS) is 21.0. The van der Waals surface area contributed by atoms with Crippen LogP contribution in [-0.4, -0.2) is 49.4 Å². The molecule has 0 spiro atoms. The van der Waals surface area contributed by atoms with E-state index < -0.39 is 23.1 Å². The molecule has 0 unspecified atom stereocenters. The van der Waals surface area contributed by atoms with Gasteiger partial charge >= 0.3 is 0 Å². The lowest BCUT2D eigenvalue weighted by Gasteiger charge is -2.44. The van der Waals surface area contributed by atoms with Crippen LogP contribution in [0.15, 0.2) is 30.5 Å². The molecule has 1 saturated heterocycles. The highest BCUT2D eigenvalue weighted by atomic mass is 19.1. The fourth-order valence-corrected chi connectivity index (χ4v) is 3.40. The largest absolute Gasteiger partial charge is 0.436 e. The lowest BCUT2D eigenvalue weighted by atomic mass is 9.76. The topological polar surface area (TPSA) is 87.5 Å². The van der Waals surface area contributed by atoms with Crippen LogP contribution in [0.25, 0.3) is 0 Å². The van der Waals surface area contributed by atoms with Crippen molar-refractivity contribution in [1.82, 2.24) is 15.2 Å². The summed E-state index contributed by atoms with van der Waals surface area (Å²) in [6, 6.07) is 5.20. The summed E-state index contributed by atoms with van der Waals surface area (Å²) in [5.74, 6) is -2.00. The van der Waals surface area contributed by atoms with Gasteiger partial charge in [-0.15, -0.1) is 0 Å². The van der Waals surface area contributed by atoms with Gasteiger partial charge in [0, 0.05) is 38.4 Å². The zero-order valence-electron chi connectivity index (χ0n) is 17.0. The molecular formula is C21H24F2N4O3. The van der Waals surface area contributed by atoms with Gasteiger partial charge in [-0.05, 0) is 43.2 Å². The van der Waals surface area contributed by atoms with E-state index in [9.17, 15) is 13.6 Å². The summed E-state index contributed by atoms with van der Waals surface area (Å²) in [4.78, 5) is 17.3. The van der Waals surface area contributed by atoms with Gasteiger partial charge in [-0.25, -0.2) is 13.8 Å². The molecule has 1 aromatic heterocycles. The Morgan fingerprint density at radius 1 is 1.37 bits per heavy atom. The molecule has 3 rings (SSSR count). The number of carbonyl (C=O) groups excluding carboxylic acids is 1. The number of hydrogen-bond acceptors (Lipinski definition) is 5. The molecule has 0 radical (unpaired) electrons. The van der Waals surface area contributed by atoms with Crippen LogP contribution in [0.3, 0.4) is 0 Å². The van der Waals surface area contributed by atoms with E-state index in [2.05, 4.69) is 10.3 Å². The summed E-state index contributed by atoms with van der Waals surface area (Å²) in [6.45, 7) is 2.02. The highest BCUT2D eigenvalue weighted by Gasteiger charge is 2.46. The van der Waals surface area contributed by atoms with E-state index in [1.165, 1.54) is 35.4 Å². The number of aldehydes is 1. The van der Waals surface area contributed by atoms with E-state index in [1.54, 1.807) is 21.0 Å². The van der Waals surface area contributed by atoms with Gasteiger partial charge in [-0.3, -0.25) is 5.41 Å². The standard InChI is InChI=1S/C21H24F2N4O3/c1-13-8-18(23)19(25-10-13)30-15-4-5-17(22)16(9-15)21(26-20(24)27(2)3)12-29-7-6-14(21)11-28/h4-5,8-11,14H,6-7,12H2,1-3H3,(H2,24,26)/t14-,21-/m0/s1. The number of nitrogens with one attached hydrogen (secondary N) is 2. The van der Waals surface area contributed by atoms with Crippen molar-refractivity contribution in [2.24, 2.45) is 5.92 Å². The first-order valence-electron chi connectivity index (χ1n) is 9.44. The molecule has 9 heteroatoms. The molecule has 2 aromatic rings. The lowest BCUT2D eigenvalue weighted by molar-refractivity contribution is -0.119. The molecule has 0 aliphatic carbocycles. The molecule has 1 aliphatic rings. The molecule has 0 saturated carbocycles. The van der Waals surface area contributed by atoms with E-state index in [0.29, 0.717) is 18.6 Å². The molecular weight excluding hydrogens is 394 g/mol. The molecule has 2 heterocycles. The van der Waals surface area contributed by atoms with Gasteiger partial charge in [0.25, 0.3) is 5.88 Å². The molecule has 160 valence electrons.